The van der Waals surface area contributed by atoms with E-state index in [2.05, 4.69) is 10.3 Å². The molecule has 29 heavy (non-hydrogen) atoms. The van der Waals surface area contributed by atoms with Gasteiger partial charge < -0.3 is 20.5 Å². The summed E-state index contributed by atoms with van der Waals surface area (Å²) in [4.78, 5) is 17.5. The van der Waals surface area contributed by atoms with Crippen LogP contribution in [0.3, 0.4) is 0 Å². The topological polar surface area (TPSA) is 85.9 Å². The van der Waals surface area contributed by atoms with Gasteiger partial charge in [0, 0.05) is 17.3 Å². The normalized spacial score (nSPS) is 11.1. The predicted octanol–water partition coefficient (Wildman–Crippen LogP) is 4.68. The maximum absolute atomic E-state index is 12.9. The average Bonchev–Trinajstić information content (AvgIpc) is 2.75. The molecule has 3 N–H and O–H groups in total. The smallest absolute Gasteiger partial charge is 0.259 e. The first-order valence-electron chi connectivity index (χ1n) is 9.06. The van der Waals surface area contributed by atoms with E-state index in [4.69, 9.17) is 15.2 Å². The van der Waals surface area contributed by atoms with Crippen molar-refractivity contribution in [3.63, 3.8) is 0 Å². The minimum absolute atomic E-state index is 0.288. The number of nitrogens with zero attached hydrogens (tertiary/aromatic N) is 1. The van der Waals surface area contributed by atoms with Gasteiger partial charge in [0.2, 0.25) is 0 Å². The summed E-state index contributed by atoms with van der Waals surface area (Å²) in [5, 5.41) is 2.95. The number of hydrogen-bond donors (Lipinski definition) is 2. The standard InChI is InChI=1S/C23H23N3O3/c1-15(25-21-11-7-5-9-19(21)24)17-8-4-6-10-20(17)26-23(27)18-13-12-16(28-2)14-22(18)29-3/h4-14H,24H2,1-3H3,(H,26,27). The van der Waals surface area contributed by atoms with E-state index in [1.807, 2.05) is 49.4 Å². The largest absolute Gasteiger partial charge is 0.497 e. The lowest BCUT2D eigenvalue weighted by Crippen LogP contribution is -2.15. The van der Waals surface area contributed by atoms with Gasteiger partial charge in [-0.15, -0.1) is 0 Å². The Hall–Kier alpha value is -3.80. The lowest BCUT2D eigenvalue weighted by Gasteiger charge is -2.14. The molecule has 0 unspecified atom stereocenters. The van der Waals surface area contributed by atoms with Crippen LogP contribution in [0.1, 0.15) is 22.8 Å². The maximum Gasteiger partial charge on any atom is 0.259 e. The van der Waals surface area contributed by atoms with Crippen LogP contribution in [0.5, 0.6) is 11.5 Å². The highest BCUT2D eigenvalue weighted by atomic mass is 16.5. The molecule has 3 aromatic carbocycles. The molecule has 1 amide bonds. The van der Waals surface area contributed by atoms with Gasteiger partial charge in [-0.3, -0.25) is 9.79 Å². The molecule has 0 aliphatic carbocycles. The van der Waals surface area contributed by atoms with Crippen LogP contribution in [0, 0.1) is 0 Å². The SMILES string of the molecule is COc1ccc(C(=O)Nc2ccccc2C(C)=Nc2ccccc2N)c(OC)c1. The van der Waals surface area contributed by atoms with Crippen molar-refractivity contribution in [1.29, 1.82) is 0 Å². The number of carbonyl (C=O) groups is 1. The summed E-state index contributed by atoms with van der Waals surface area (Å²) in [7, 11) is 3.08. The zero-order valence-corrected chi connectivity index (χ0v) is 16.6. The molecule has 0 bridgehead atoms. The number of para-hydroxylation sites is 3. The van der Waals surface area contributed by atoms with Gasteiger partial charge in [-0.2, -0.15) is 0 Å². The lowest BCUT2D eigenvalue weighted by atomic mass is 10.1. The van der Waals surface area contributed by atoms with E-state index >= 15 is 0 Å². The van der Waals surface area contributed by atoms with Gasteiger partial charge >= 0.3 is 0 Å². The van der Waals surface area contributed by atoms with Crippen LogP contribution in [-0.2, 0) is 0 Å². The Kier molecular flexibility index (Phi) is 6.14. The Morgan fingerprint density at radius 2 is 1.66 bits per heavy atom. The second kappa shape index (κ2) is 8.93. The summed E-state index contributed by atoms with van der Waals surface area (Å²) >= 11 is 0. The highest BCUT2D eigenvalue weighted by molar-refractivity contribution is 6.12. The van der Waals surface area contributed by atoms with E-state index < -0.39 is 0 Å². The fraction of sp³-hybridized carbons (Fsp3) is 0.130. The molecule has 3 rings (SSSR count). The first kappa shape index (κ1) is 19.9. The van der Waals surface area contributed by atoms with E-state index in [0.29, 0.717) is 34.1 Å². The number of nitrogens with two attached hydrogens (primary N) is 1. The molecule has 6 nitrogen and oxygen atoms in total. The van der Waals surface area contributed by atoms with E-state index in [-0.39, 0.29) is 5.91 Å². The van der Waals surface area contributed by atoms with Crippen molar-refractivity contribution in [1.82, 2.24) is 0 Å². The van der Waals surface area contributed by atoms with Gasteiger partial charge in [0.1, 0.15) is 11.5 Å². The van der Waals surface area contributed by atoms with Crippen molar-refractivity contribution in [2.45, 2.75) is 6.92 Å². The number of aliphatic imine (C=N–C) groups is 1. The Bertz CT molecular complexity index is 1060. The fourth-order valence-electron chi connectivity index (χ4n) is 2.91. The van der Waals surface area contributed by atoms with Gasteiger partial charge in [-0.1, -0.05) is 30.3 Å². The van der Waals surface area contributed by atoms with Gasteiger partial charge in [0.25, 0.3) is 5.91 Å². The number of hydrogen-bond acceptors (Lipinski definition) is 5. The van der Waals surface area contributed by atoms with Gasteiger partial charge in [0.05, 0.1) is 36.8 Å². The summed E-state index contributed by atoms with van der Waals surface area (Å²) in [5.74, 6) is 0.757. The van der Waals surface area contributed by atoms with Crippen molar-refractivity contribution in [2.75, 3.05) is 25.3 Å². The van der Waals surface area contributed by atoms with E-state index in [1.54, 1.807) is 31.4 Å². The van der Waals surface area contributed by atoms with Crippen molar-refractivity contribution >= 4 is 28.7 Å². The molecule has 0 saturated heterocycles. The molecule has 3 aromatic rings. The molecular weight excluding hydrogens is 366 g/mol. The Balaban J connectivity index is 1.92. The number of rotatable bonds is 6. The summed E-state index contributed by atoms with van der Waals surface area (Å²) in [6.07, 6.45) is 0. The third-order valence-corrected chi connectivity index (χ3v) is 4.44. The molecule has 0 aliphatic rings. The van der Waals surface area contributed by atoms with Crippen molar-refractivity contribution in [2.24, 2.45) is 4.99 Å². The Morgan fingerprint density at radius 3 is 2.38 bits per heavy atom. The number of methoxy groups -OCH3 is 2. The maximum atomic E-state index is 12.9. The number of nitrogens with one attached hydrogen (secondary N) is 1. The summed E-state index contributed by atoms with van der Waals surface area (Å²) < 4.78 is 10.5. The van der Waals surface area contributed by atoms with Crippen molar-refractivity contribution in [3.8, 4) is 11.5 Å². The van der Waals surface area contributed by atoms with Crippen LogP contribution in [0.25, 0.3) is 0 Å². The van der Waals surface area contributed by atoms with Gasteiger partial charge in [-0.25, -0.2) is 0 Å². The summed E-state index contributed by atoms with van der Waals surface area (Å²) in [6.45, 7) is 1.88. The molecule has 6 heteroatoms. The number of benzene rings is 3. The van der Waals surface area contributed by atoms with Crippen LogP contribution in [0.2, 0.25) is 0 Å². The van der Waals surface area contributed by atoms with Crippen LogP contribution in [-0.4, -0.2) is 25.8 Å². The fourth-order valence-corrected chi connectivity index (χ4v) is 2.91. The zero-order valence-electron chi connectivity index (χ0n) is 16.6. The first-order valence-corrected chi connectivity index (χ1v) is 9.06. The number of nitrogen functional groups attached to an aromatic ring is 1. The molecular formula is C23H23N3O3. The Labute approximate surface area is 170 Å². The molecule has 0 atom stereocenters. The number of ether oxygens (including phenoxy) is 2. The molecule has 0 saturated carbocycles. The number of anilines is 2. The van der Waals surface area contributed by atoms with Crippen LogP contribution in [0.15, 0.2) is 71.7 Å². The highest BCUT2D eigenvalue weighted by Gasteiger charge is 2.16. The van der Waals surface area contributed by atoms with Crippen molar-refractivity contribution in [3.05, 3.63) is 77.9 Å². The quantitative estimate of drug-likeness (QED) is 0.473. The Morgan fingerprint density at radius 1 is 0.931 bits per heavy atom. The summed E-state index contributed by atoms with van der Waals surface area (Å²) in [6, 6.07) is 19.9. The van der Waals surface area contributed by atoms with Crippen LogP contribution in [0.4, 0.5) is 17.1 Å². The minimum atomic E-state index is -0.288. The minimum Gasteiger partial charge on any atom is -0.497 e. The molecule has 0 spiro atoms. The zero-order chi connectivity index (χ0) is 20.8. The second-order valence-electron chi connectivity index (χ2n) is 6.32. The molecule has 148 valence electrons. The molecule has 0 aromatic heterocycles. The number of amides is 1. The summed E-state index contributed by atoms with van der Waals surface area (Å²) in [5.41, 5.74) is 9.86. The predicted molar refractivity (Wildman–Crippen MR) is 117 cm³/mol. The number of carbonyl (C=O) groups excluding carboxylic acids is 1. The van der Waals surface area contributed by atoms with Crippen LogP contribution < -0.4 is 20.5 Å². The first-order chi connectivity index (χ1) is 14.0. The highest BCUT2D eigenvalue weighted by Crippen LogP contribution is 2.27. The molecule has 0 radical (unpaired) electrons. The van der Waals surface area contributed by atoms with Gasteiger partial charge in [0.15, 0.2) is 0 Å². The van der Waals surface area contributed by atoms with E-state index in [1.165, 1.54) is 7.11 Å². The second-order valence-corrected chi connectivity index (χ2v) is 6.32. The van der Waals surface area contributed by atoms with Crippen LogP contribution >= 0.6 is 0 Å². The molecule has 0 fully saturated rings. The van der Waals surface area contributed by atoms with E-state index in [9.17, 15) is 4.79 Å². The third kappa shape index (κ3) is 4.55. The molecule has 0 aliphatic heterocycles. The monoisotopic (exact) mass is 389 g/mol. The third-order valence-electron chi connectivity index (χ3n) is 4.44. The van der Waals surface area contributed by atoms with Gasteiger partial charge in [-0.05, 0) is 37.3 Å². The molecule has 0 heterocycles. The average molecular weight is 389 g/mol. The lowest BCUT2D eigenvalue weighted by molar-refractivity contribution is 0.102. The van der Waals surface area contributed by atoms with Crippen molar-refractivity contribution < 1.29 is 14.3 Å². The van der Waals surface area contributed by atoms with E-state index in [0.717, 1.165) is 11.3 Å².